The minimum absolute atomic E-state index is 0.162. The van der Waals surface area contributed by atoms with Crippen molar-refractivity contribution in [1.29, 1.82) is 0 Å². The first-order valence-corrected chi connectivity index (χ1v) is 11.6. The number of carbonyl (C=O) groups excluding carboxylic acids is 1. The zero-order chi connectivity index (χ0) is 27.6. The average Bonchev–Trinajstić information content (AvgIpc) is 3.59. The van der Waals surface area contributed by atoms with Gasteiger partial charge in [-0.25, -0.2) is 19.3 Å². The summed E-state index contributed by atoms with van der Waals surface area (Å²) in [6.45, 7) is 1.58. The Balaban J connectivity index is 1.45. The van der Waals surface area contributed by atoms with Gasteiger partial charge in [-0.3, -0.25) is 18.8 Å². The molecule has 0 aliphatic rings. The van der Waals surface area contributed by atoms with E-state index >= 15 is 4.39 Å². The maximum absolute atomic E-state index is 15.4. The van der Waals surface area contributed by atoms with Crippen LogP contribution in [0.5, 0.6) is 0 Å². The number of nitrogen functional groups attached to an aromatic ring is 1. The van der Waals surface area contributed by atoms with Gasteiger partial charge in [0.2, 0.25) is 0 Å². The Kier molecular flexibility index (Phi) is 5.31. The Bertz CT molecular complexity index is 1920. The van der Waals surface area contributed by atoms with Crippen molar-refractivity contribution < 1.29 is 22.4 Å². The summed E-state index contributed by atoms with van der Waals surface area (Å²) in [6, 6.07) is 4.68. The maximum Gasteiger partial charge on any atom is 0.417 e. The lowest BCUT2D eigenvalue weighted by molar-refractivity contribution is -0.137. The minimum Gasteiger partial charge on any atom is -0.382 e. The second kappa shape index (κ2) is 8.51. The van der Waals surface area contributed by atoms with E-state index in [0.717, 1.165) is 18.3 Å². The molecule has 1 amide bonds. The molecule has 0 bridgehead atoms. The van der Waals surface area contributed by atoms with E-state index < -0.39 is 23.5 Å². The average molecular weight is 537 g/mol. The predicted octanol–water partition coefficient (Wildman–Crippen LogP) is 4.16. The van der Waals surface area contributed by atoms with Crippen molar-refractivity contribution in [3.8, 4) is 0 Å². The Morgan fingerprint density at radius 2 is 1.87 bits per heavy atom. The lowest BCUT2D eigenvalue weighted by Gasteiger charge is -2.21. The van der Waals surface area contributed by atoms with Crippen LogP contribution in [-0.4, -0.2) is 39.4 Å². The molecule has 0 radical (unpaired) electrons. The van der Waals surface area contributed by atoms with Crippen LogP contribution in [0.15, 0.2) is 55.2 Å². The van der Waals surface area contributed by atoms with Crippen molar-refractivity contribution in [2.24, 2.45) is 7.05 Å². The van der Waals surface area contributed by atoms with Crippen molar-refractivity contribution in [3.63, 3.8) is 0 Å². The highest BCUT2D eigenvalue weighted by Crippen LogP contribution is 2.30. The van der Waals surface area contributed by atoms with E-state index in [1.807, 2.05) is 0 Å². The molecule has 0 spiro atoms. The predicted molar refractivity (Wildman–Crippen MR) is 134 cm³/mol. The van der Waals surface area contributed by atoms with Gasteiger partial charge in [0.05, 0.1) is 52.5 Å². The van der Waals surface area contributed by atoms with E-state index in [2.05, 4.69) is 20.1 Å². The molecule has 5 heterocycles. The molecular weight excluding hydrogens is 518 g/mol. The number of alkyl halides is 3. The third-order valence-electron chi connectivity index (χ3n) is 6.37. The number of halogens is 4. The summed E-state index contributed by atoms with van der Waals surface area (Å²) in [5, 5.41) is 4.11. The highest BCUT2D eigenvalue weighted by molar-refractivity contribution is 6.07. The first-order valence-electron chi connectivity index (χ1n) is 11.6. The lowest BCUT2D eigenvalue weighted by Crippen LogP contribution is -2.31. The summed E-state index contributed by atoms with van der Waals surface area (Å²) in [6.07, 6.45) is 2.31. The summed E-state index contributed by atoms with van der Waals surface area (Å²) >= 11 is 0. The molecule has 6 aromatic rings. The molecule has 5 aromatic heterocycles. The number of benzene rings is 1. The Morgan fingerprint density at radius 3 is 2.59 bits per heavy atom. The quantitative estimate of drug-likeness (QED) is 0.338. The standard InChI is InChI=1S/C25H19F4N9O/c1-13-31-8-21-23(30)34-19-6-18(26)17(5-20(19)38(13)21)24(39)37(16-7-32-35(2)12-16)11-15-10-36-9-14(25(27,28)29)3-4-22(36)33-15/h3-10,12H,11H2,1-2H3,(H2,30,34). The van der Waals surface area contributed by atoms with Gasteiger partial charge in [-0.15, -0.1) is 0 Å². The van der Waals surface area contributed by atoms with Gasteiger partial charge in [0.1, 0.15) is 28.6 Å². The van der Waals surface area contributed by atoms with Crippen LogP contribution in [0.4, 0.5) is 29.1 Å². The zero-order valence-electron chi connectivity index (χ0n) is 20.5. The number of pyridine rings is 1. The monoisotopic (exact) mass is 537 g/mol. The summed E-state index contributed by atoms with van der Waals surface area (Å²) < 4.78 is 59.3. The first kappa shape index (κ1) is 24.3. The van der Waals surface area contributed by atoms with Crippen LogP contribution in [-0.2, 0) is 19.8 Å². The number of rotatable bonds is 4. The summed E-state index contributed by atoms with van der Waals surface area (Å²) in [5.74, 6) is -0.798. The van der Waals surface area contributed by atoms with E-state index in [0.29, 0.717) is 22.5 Å². The van der Waals surface area contributed by atoms with E-state index in [1.165, 1.54) is 44.7 Å². The lowest BCUT2D eigenvalue weighted by atomic mass is 10.1. The van der Waals surface area contributed by atoms with E-state index in [4.69, 9.17) is 5.73 Å². The van der Waals surface area contributed by atoms with Crippen molar-refractivity contribution in [2.45, 2.75) is 19.6 Å². The van der Waals surface area contributed by atoms with Crippen LogP contribution in [0.3, 0.4) is 0 Å². The van der Waals surface area contributed by atoms with E-state index in [-0.39, 0.29) is 34.8 Å². The van der Waals surface area contributed by atoms with Crippen molar-refractivity contribution in [2.75, 3.05) is 10.6 Å². The molecule has 14 heteroatoms. The molecule has 0 unspecified atom stereocenters. The van der Waals surface area contributed by atoms with E-state index in [9.17, 15) is 18.0 Å². The van der Waals surface area contributed by atoms with Crippen molar-refractivity contribution in [1.82, 2.24) is 33.5 Å². The summed E-state index contributed by atoms with van der Waals surface area (Å²) in [5.41, 5.74) is 6.98. The fourth-order valence-electron chi connectivity index (χ4n) is 4.52. The molecule has 2 N–H and O–H groups in total. The van der Waals surface area contributed by atoms with Crippen LogP contribution in [0.25, 0.3) is 22.2 Å². The van der Waals surface area contributed by atoms with Crippen molar-refractivity contribution in [3.05, 3.63) is 83.7 Å². The van der Waals surface area contributed by atoms with Gasteiger partial charge < -0.3 is 10.1 Å². The number of aryl methyl sites for hydroxylation is 2. The van der Waals surface area contributed by atoms with Gasteiger partial charge in [-0.2, -0.15) is 18.3 Å². The third-order valence-corrected chi connectivity index (χ3v) is 6.37. The molecule has 0 aliphatic carbocycles. The topological polar surface area (TPSA) is 112 Å². The Labute approximate surface area is 216 Å². The SMILES string of the molecule is Cc1ncc2c(N)nc3cc(F)c(C(=O)N(Cc4cn5cc(C(F)(F)F)ccc5n4)c4cnn(C)c4)cc3n12. The van der Waals surface area contributed by atoms with Gasteiger partial charge in [0.25, 0.3) is 5.91 Å². The number of nitrogens with two attached hydrogens (primary N) is 1. The number of aromatic nitrogens is 7. The largest absolute Gasteiger partial charge is 0.417 e. The fourth-order valence-corrected chi connectivity index (χ4v) is 4.52. The molecule has 10 nitrogen and oxygen atoms in total. The normalized spacial score (nSPS) is 12.2. The molecule has 6 rings (SSSR count). The van der Waals surface area contributed by atoms with Crippen LogP contribution >= 0.6 is 0 Å². The first-order chi connectivity index (χ1) is 18.5. The minimum atomic E-state index is -4.53. The Hall–Kier alpha value is -5.01. The molecule has 198 valence electrons. The number of amides is 1. The molecule has 39 heavy (non-hydrogen) atoms. The molecule has 0 saturated heterocycles. The molecule has 0 aliphatic heterocycles. The smallest absolute Gasteiger partial charge is 0.382 e. The second-order valence-corrected chi connectivity index (χ2v) is 9.02. The number of hydrogen-bond donors (Lipinski definition) is 1. The number of nitrogens with zero attached hydrogens (tertiary/aromatic N) is 8. The number of imidazole rings is 2. The summed E-state index contributed by atoms with van der Waals surface area (Å²) in [7, 11) is 1.65. The summed E-state index contributed by atoms with van der Waals surface area (Å²) in [4.78, 5) is 28.0. The van der Waals surface area contributed by atoms with Gasteiger partial charge in [0.15, 0.2) is 0 Å². The molecular formula is C25H19F4N9O. The number of anilines is 2. The zero-order valence-corrected chi connectivity index (χ0v) is 20.5. The number of fused-ring (bicyclic) bond motifs is 4. The number of hydrogen-bond acceptors (Lipinski definition) is 6. The van der Waals surface area contributed by atoms with Crippen LogP contribution < -0.4 is 10.6 Å². The van der Waals surface area contributed by atoms with Gasteiger partial charge in [-0.05, 0) is 25.1 Å². The van der Waals surface area contributed by atoms with Crippen LogP contribution in [0.1, 0.15) is 27.4 Å². The van der Waals surface area contributed by atoms with Crippen LogP contribution in [0.2, 0.25) is 0 Å². The molecule has 0 saturated carbocycles. The van der Waals surface area contributed by atoms with Crippen molar-refractivity contribution >= 4 is 39.6 Å². The molecule has 1 aromatic carbocycles. The van der Waals surface area contributed by atoms with E-state index in [1.54, 1.807) is 24.6 Å². The second-order valence-electron chi connectivity index (χ2n) is 9.02. The molecule has 0 fully saturated rings. The Morgan fingerprint density at radius 1 is 1.08 bits per heavy atom. The van der Waals surface area contributed by atoms with Crippen LogP contribution in [0, 0.1) is 12.7 Å². The third kappa shape index (κ3) is 4.09. The highest BCUT2D eigenvalue weighted by atomic mass is 19.4. The highest BCUT2D eigenvalue weighted by Gasteiger charge is 2.31. The number of carbonyl (C=O) groups is 1. The molecule has 0 atom stereocenters. The van der Waals surface area contributed by atoms with Gasteiger partial charge in [-0.1, -0.05) is 0 Å². The fraction of sp³-hybridized carbons (Fsp3) is 0.160. The van der Waals surface area contributed by atoms with Gasteiger partial charge >= 0.3 is 6.18 Å². The van der Waals surface area contributed by atoms with Gasteiger partial charge in [0, 0.05) is 31.7 Å². The maximum atomic E-state index is 15.4.